The first-order chi connectivity index (χ1) is 19.8. The number of furan rings is 1. The van der Waals surface area contributed by atoms with E-state index < -0.39 is 31.8 Å². The molecule has 222 valence electrons. The normalized spacial score (nSPS) is 16.5. The predicted octanol–water partition coefficient (Wildman–Crippen LogP) is 4.87. The van der Waals surface area contributed by atoms with Gasteiger partial charge in [0.2, 0.25) is 20.0 Å². The second-order valence-electron chi connectivity index (χ2n) is 10.5. The summed E-state index contributed by atoms with van der Waals surface area (Å²) in [6, 6.07) is 15.5. The van der Waals surface area contributed by atoms with Gasteiger partial charge in [0, 0.05) is 44.2 Å². The van der Waals surface area contributed by atoms with E-state index in [-0.39, 0.29) is 23.9 Å². The van der Waals surface area contributed by atoms with E-state index in [1.165, 1.54) is 30.5 Å². The summed E-state index contributed by atoms with van der Waals surface area (Å²) in [6.45, 7) is 2.29. The summed E-state index contributed by atoms with van der Waals surface area (Å²) in [4.78, 5) is 13.2. The molecule has 0 saturated carbocycles. The van der Waals surface area contributed by atoms with Gasteiger partial charge in [0.05, 0.1) is 22.4 Å². The molecule has 0 unspecified atom stereocenters. The zero-order valence-electron chi connectivity index (χ0n) is 23.7. The van der Waals surface area contributed by atoms with Crippen LogP contribution in [0.5, 0.6) is 0 Å². The molecular weight excluding hydrogens is 581 g/mol. The first-order valence-corrected chi connectivity index (χ1v) is 16.7. The second kappa shape index (κ2) is 11.2. The minimum atomic E-state index is -3.93. The molecule has 1 atom stereocenters. The number of carbonyl (C=O) groups excluding carboxylic acids is 1. The van der Waals surface area contributed by atoms with Gasteiger partial charge in [0.15, 0.2) is 0 Å². The number of hydrogen-bond acceptors (Lipinski definition) is 6. The Labute approximate surface area is 245 Å². The van der Waals surface area contributed by atoms with Gasteiger partial charge in [-0.05, 0) is 61.6 Å². The van der Waals surface area contributed by atoms with Crippen LogP contribution >= 0.6 is 0 Å². The number of piperidine rings is 1. The topological polar surface area (TPSA) is 117 Å². The number of halogens is 1. The Hall–Kier alpha value is -3.74. The Bertz CT molecular complexity index is 1870. The van der Waals surface area contributed by atoms with Crippen LogP contribution in [0, 0.1) is 12.7 Å². The molecule has 1 N–H and O–H groups in total. The van der Waals surface area contributed by atoms with Gasteiger partial charge in [-0.25, -0.2) is 21.2 Å². The summed E-state index contributed by atoms with van der Waals surface area (Å²) in [7, 11) is -4.69. The molecule has 0 radical (unpaired) electrons. The Kier molecular flexibility index (Phi) is 7.90. The number of anilines is 1. The van der Waals surface area contributed by atoms with E-state index in [1.54, 1.807) is 12.1 Å². The summed E-state index contributed by atoms with van der Waals surface area (Å²) in [5.74, 6) is -0.959. The van der Waals surface area contributed by atoms with Crippen molar-refractivity contribution in [2.75, 3.05) is 37.7 Å². The molecule has 1 aromatic heterocycles. The van der Waals surface area contributed by atoms with Gasteiger partial charge in [-0.15, -0.1) is 0 Å². The SMILES string of the molecule is CNC(=O)c1c(-c2ccc(C)cc2)oc2cc(N(C)S(C)(=O)=O)c([C@@H]3CCCN(S(=O)(=O)c4ccc(F)cc4)C3)cc12. The van der Waals surface area contributed by atoms with E-state index in [0.29, 0.717) is 51.9 Å². The van der Waals surface area contributed by atoms with Crippen molar-refractivity contribution in [2.24, 2.45) is 0 Å². The van der Waals surface area contributed by atoms with Crippen molar-refractivity contribution in [3.05, 3.63) is 83.2 Å². The van der Waals surface area contributed by atoms with Crippen LogP contribution in [0.1, 0.15) is 40.2 Å². The standard InChI is InChI=1S/C30H32FN3O6S2/c1-19-7-9-20(10-8-19)29-28(30(35)32-2)25-16-24(26(17-27(25)40-29)33(3)41(4,36)37)21-6-5-15-34(18-21)42(38,39)23-13-11-22(31)12-14-23/h7-14,16-17,21H,5-6,15,18H2,1-4H3,(H,32,35)/t21-/m1/s1. The molecular formula is C30H32FN3O6S2. The van der Waals surface area contributed by atoms with Crippen molar-refractivity contribution in [2.45, 2.75) is 30.6 Å². The van der Waals surface area contributed by atoms with Crippen LogP contribution in [-0.4, -0.2) is 60.5 Å². The molecule has 12 heteroatoms. The van der Waals surface area contributed by atoms with Crippen LogP contribution in [-0.2, 0) is 20.0 Å². The lowest BCUT2D eigenvalue weighted by Gasteiger charge is -2.34. The third-order valence-electron chi connectivity index (χ3n) is 7.72. The molecule has 5 rings (SSSR count). The molecule has 9 nitrogen and oxygen atoms in total. The maximum atomic E-state index is 13.5. The molecule has 1 aliphatic rings. The second-order valence-corrected chi connectivity index (χ2v) is 14.5. The van der Waals surface area contributed by atoms with Gasteiger partial charge in [0.1, 0.15) is 17.2 Å². The highest BCUT2D eigenvalue weighted by Crippen LogP contribution is 2.42. The summed E-state index contributed by atoms with van der Waals surface area (Å²) < 4.78 is 74.5. The van der Waals surface area contributed by atoms with E-state index in [0.717, 1.165) is 28.3 Å². The smallest absolute Gasteiger partial charge is 0.255 e. The zero-order valence-corrected chi connectivity index (χ0v) is 25.4. The number of hydrogen-bond donors (Lipinski definition) is 1. The number of amides is 1. The summed E-state index contributed by atoms with van der Waals surface area (Å²) in [6.07, 6.45) is 2.19. The molecule has 3 aromatic carbocycles. The Morgan fingerprint density at radius 2 is 1.71 bits per heavy atom. The highest BCUT2D eigenvalue weighted by atomic mass is 32.2. The molecule has 0 aliphatic carbocycles. The van der Waals surface area contributed by atoms with Gasteiger partial charge >= 0.3 is 0 Å². The highest BCUT2D eigenvalue weighted by Gasteiger charge is 2.34. The van der Waals surface area contributed by atoms with Crippen LogP contribution in [0.3, 0.4) is 0 Å². The fourth-order valence-corrected chi connectivity index (χ4v) is 7.40. The van der Waals surface area contributed by atoms with E-state index in [9.17, 15) is 26.0 Å². The van der Waals surface area contributed by atoms with Crippen LogP contribution in [0.4, 0.5) is 10.1 Å². The van der Waals surface area contributed by atoms with Crippen molar-refractivity contribution in [3.8, 4) is 11.3 Å². The van der Waals surface area contributed by atoms with Crippen LogP contribution < -0.4 is 9.62 Å². The van der Waals surface area contributed by atoms with Crippen molar-refractivity contribution in [1.29, 1.82) is 0 Å². The third kappa shape index (κ3) is 5.53. The molecule has 1 fully saturated rings. The molecule has 0 bridgehead atoms. The first-order valence-electron chi connectivity index (χ1n) is 13.4. The van der Waals surface area contributed by atoms with Crippen molar-refractivity contribution in [3.63, 3.8) is 0 Å². The Balaban J connectivity index is 1.68. The van der Waals surface area contributed by atoms with E-state index in [2.05, 4.69) is 5.32 Å². The number of nitrogens with zero attached hydrogens (tertiary/aromatic N) is 2. The monoisotopic (exact) mass is 613 g/mol. The summed E-state index contributed by atoms with van der Waals surface area (Å²) in [5, 5.41) is 3.16. The van der Waals surface area contributed by atoms with Crippen LogP contribution in [0.25, 0.3) is 22.3 Å². The average molecular weight is 614 g/mol. The average Bonchev–Trinajstić information content (AvgIpc) is 3.34. The van der Waals surface area contributed by atoms with Gasteiger partial charge in [-0.1, -0.05) is 29.8 Å². The number of sulfonamides is 2. The summed E-state index contributed by atoms with van der Waals surface area (Å²) >= 11 is 0. The zero-order chi connectivity index (χ0) is 30.4. The maximum Gasteiger partial charge on any atom is 0.255 e. The van der Waals surface area contributed by atoms with Crippen LogP contribution in [0.2, 0.25) is 0 Å². The molecule has 0 spiro atoms. The molecule has 42 heavy (non-hydrogen) atoms. The molecule has 4 aromatic rings. The number of carbonyl (C=O) groups is 1. The Morgan fingerprint density at radius 3 is 2.33 bits per heavy atom. The lowest BCUT2D eigenvalue weighted by molar-refractivity contribution is 0.0964. The fraction of sp³-hybridized carbons (Fsp3) is 0.300. The lowest BCUT2D eigenvalue weighted by atomic mass is 9.89. The van der Waals surface area contributed by atoms with Gasteiger partial charge < -0.3 is 9.73 Å². The number of aryl methyl sites for hydroxylation is 1. The molecule has 1 saturated heterocycles. The predicted molar refractivity (Wildman–Crippen MR) is 160 cm³/mol. The Morgan fingerprint density at radius 1 is 1.05 bits per heavy atom. The minimum Gasteiger partial charge on any atom is -0.455 e. The van der Waals surface area contributed by atoms with Gasteiger partial charge in [0.25, 0.3) is 5.91 Å². The molecule has 1 amide bonds. The van der Waals surface area contributed by atoms with Crippen LogP contribution in [0.15, 0.2) is 70.0 Å². The van der Waals surface area contributed by atoms with Crippen molar-refractivity contribution >= 4 is 42.6 Å². The minimum absolute atomic E-state index is 0.0204. The fourth-order valence-electron chi connectivity index (χ4n) is 5.36. The number of nitrogens with one attached hydrogen (secondary N) is 1. The largest absolute Gasteiger partial charge is 0.455 e. The van der Waals surface area contributed by atoms with Gasteiger partial charge in [-0.2, -0.15) is 4.31 Å². The number of rotatable bonds is 7. The van der Waals surface area contributed by atoms with E-state index in [1.807, 2.05) is 31.2 Å². The van der Waals surface area contributed by atoms with E-state index in [4.69, 9.17) is 4.42 Å². The summed E-state index contributed by atoms with van der Waals surface area (Å²) in [5.41, 5.74) is 3.26. The number of fused-ring (bicyclic) bond motifs is 1. The maximum absolute atomic E-state index is 13.5. The molecule has 2 heterocycles. The lowest BCUT2D eigenvalue weighted by Crippen LogP contribution is -2.39. The van der Waals surface area contributed by atoms with Crippen molar-refractivity contribution in [1.82, 2.24) is 9.62 Å². The van der Waals surface area contributed by atoms with E-state index >= 15 is 0 Å². The number of benzene rings is 3. The van der Waals surface area contributed by atoms with Gasteiger partial charge in [-0.3, -0.25) is 9.10 Å². The molecule has 1 aliphatic heterocycles. The van der Waals surface area contributed by atoms with Crippen molar-refractivity contribution < 1.29 is 30.4 Å². The first kappa shape index (κ1) is 29.7. The third-order valence-corrected chi connectivity index (χ3v) is 10.8. The quantitative estimate of drug-likeness (QED) is 0.318. The highest BCUT2D eigenvalue weighted by molar-refractivity contribution is 7.92.